The summed E-state index contributed by atoms with van der Waals surface area (Å²) in [5, 5.41) is 3.19. The molecule has 2 N–H and O–H groups in total. The number of nitrogens with zero attached hydrogens (tertiary/aromatic N) is 1. The number of carbonyl (C=O) groups is 1. The lowest BCUT2D eigenvalue weighted by molar-refractivity contribution is -0.130. The van der Waals surface area contributed by atoms with Crippen molar-refractivity contribution in [3.05, 3.63) is 20.8 Å². The highest BCUT2D eigenvalue weighted by molar-refractivity contribution is 9.10. The molecule has 14 heavy (non-hydrogen) atoms. The second kappa shape index (κ2) is 5.48. The van der Waals surface area contributed by atoms with Crippen LogP contribution >= 0.6 is 27.3 Å². The molecule has 0 bridgehead atoms. The van der Waals surface area contributed by atoms with Gasteiger partial charge in [-0.15, -0.1) is 11.3 Å². The maximum Gasteiger partial charge on any atom is 0.236 e. The molecule has 0 spiro atoms. The van der Waals surface area contributed by atoms with Gasteiger partial charge in [0.15, 0.2) is 0 Å². The molecule has 1 amide bonds. The predicted octanol–water partition coefficient (Wildman–Crippen LogP) is 2.17. The fourth-order valence-electron chi connectivity index (χ4n) is 1.08. The average molecular weight is 277 g/mol. The molecule has 1 aromatic rings. The van der Waals surface area contributed by atoms with Crippen molar-refractivity contribution in [1.82, 2.24) is 5.01 Å². The van der Waals surface area contributed by atoms with Gasteiger partial charge in [0.05, 0.1) is 0 Å². The molecule has 0 saturated heterocycles. The van der Waals surface area contributed by atoms with Crippen LogP contribution in [-0.4, -0.2) is 18.0 Å². The van der Waals surface area contributed by atoms with Gasteiger partial charge in [-0.05, 0) is 34.8 Å². The van der Waals surface area contributed by atoms with Crippen LogP contribution in [0.4, 0.5) is 0 Å². The highest BCUT2D eigenvalue weighted by atomic mass is 79.9. The maximum absolute atomic E-state index is 11.1. The smallest absolute Gasteiger partial charge is 0.236 e. The van der Waals surface area contributed by atoms with Gasteiger partial charge in [0.25, 0.3) is 0 Å². The Morgan fingerprint density at radius 2 is 2.43 bits per heavy atom. The molecule has 0 atom stereocenters. The van der Waals surface area contributed by atoms with Crippen LogP contribution in [0.15, 0.2) is 15.9 Å². The molecular weight excluding hydrogens is 264 g/mol. The minimum atomic E-state index is -0.0133. The first-order valence-electron chi connectivity index (χ1n) is 4.34. The minimum absolute atomic E-state index is 0.0133. The van der Waals surface area contributed by atoms with E-state index in [0.717, 1.165) is 22.3 Å². The fourth-order valence-corrected chi connectivity index (χ4v) is 2.57. The van der Waals surface area contributed by atoms with E-state index in [0.29, 0.717) is 6.42 Å². The van der Waals surface area contributed by atoms with Crippen LogP contribution in [0, 0.1) is 0 Å². The lowest BCUT2D eigenvalue weighted by Crippen LogP contribution is -2.32. The van der Waals surface area contributed by atoms with Crippen molar-refractivity contribution in [2.45, 2.75) is 19.3 Å². The fraction of sp³-hybridized carbons (Fsp3) is 0.444. The van der Waals surface area contributed by atoms with E-state index in [1.807, 2.05) is 5.38 Å². The van der Waals surface area contributed by atoms with Crippen LogP contribution in [0.1, 0.15) is 17.7 Å². The van der Waals surface area contributed by atoms with E-state index >= 15 is 0 Å². The van der Waals surface area contributed by atoms with E-state index in [1.165, 1.54) is 4.88 Å². The van der Waals surface area contributed by atoms with Crippen LogP contribution in [0.5, 0.6) is 0 Å². The monoisotopic (exact) mass is 276 g/mol. The number of hydrogen-bond donors (Lipinski definition) is 1. The van der Waals surface area contributed by atoms with Gasteiger partial charge in [-0.25, -0.2) is 5.84 Å². The number of halogens is 1. The summed E-state index contributed by atoms with van der Waals surface area (Å²) in [6, 6.07) is 2.08. The first-order valence-corrected chi connectivity index (χ1v) is 6.01. The summed E-state index contributed by atoms with van der Waals surface area (Å²) >= 11 is 5.10. The van der Waals surface area contributed by atoms with Gasteiger partial charge in [0.1, 0.15) is 0 Å². The second-order valence-corrected chi connectivity index (χ2v) is 5.00. The zero-order valence-corrected chi connectivity index (χ0v) is 10.4. The third-order valence-electron chi connectivity index (χ3n) is 1.83. The van der Waals surface area contributed by atoms with Gasteiger partial charge < -0.3 is 0 Å². The normalized spacial score (nSPS) is 10.2. The van der Waals surface area contributed by atoms with Crippen molar-refractivity contribution in [1.29, 1.82) is 0 Å². The highest BCUT2D eigenvalue weighted by Gasteiger charge is 2.04. The Morgan fingerprint density at radius 3 is 2.93 bits per heavy atom. The van der Waals surface area contributed by atoms with Crippen molar-refractivity contribution in [2.24, 2.45) is 5.84 Å². The summed E-state index contributed by atoms with van der Waals surface area (Å²) in [5.74, 6) is 5.29. The van der Waals surface area contributed by atoms with Gasteiger partial charge >= 0.3 is 0 Å². The average Bonchev–Trinajstić information content (AvgIpc) is 2.51. The first kappa shape index (κ1) is 11.7. The molecular formula is C9H13BrN2OS. The molecule has 0 aliphatic rings. The second-order valence-electron chi connectivity index (χ2n) is 3.09. The Bertz CT molecular complexity index is 312. The zero-order valence-electron chi connectivity index (χ0n) is 8.00. The van der Waals surface area contributed by atoms with Gasteiger partial charge in [0, 0.05) is 28.2 Å². The van der Waals surface area contributed by atoms with Crippen LogP contribution in [0.2, 0.25) is 0 Å². The Kier molecular flexibility index (Phi) is 4.57. The number of nitrogens with two attached hydrogens (primary N) is 1. The molecule has 5 heteroatoms. The third-order valence-corrected chi connectivity index (χ3v) is 3.59. The zero-order chi connectivity index (χ0) is 10.6. The number of carbonyl (C=O) groups excluding carboxylic acids is 1. The van der Waals surface area contributed by atoms with Gasteiger partial charge in [-0.1, -0.05) is 0 Å². The summed E-state index contributed by atoms with van der Waals surface area (Å²) in [5.41, 5.74) is 0. The number of rotatable bonds is 4. The predicted molar refractivity (Wildman–Crippen MR) is 61.9 cm³/mol. The van der Waals surface area contributed by atoms with E-state index in [9.17, 15) is 4.79 Å². The molecule has 1 heterocycles. The summed E-state index contributed by atoms with van der Waals surface area (Å²) < 4.78 is 1.11. The molecule has 0 saturated carbocycles. The number of hydrazine groups is 1. The lowest BCUT2D eigenvalue weighted by atomic mass is 10.2. The molecule has 0 radical (unpaired) electrons. The molecule has 3 nitrogen and oxygen atoms in total. The first-order chi connectivity index (χ1) is 6.59. The Balaban J connectivity index is 2.25. The summed E-state index contributed by atoms with van der Waals surface area (Å²) in [6.07, 6.45) is 2.31. The van der Waals surface area contributed by atoms with E-state index in [1.54, 1.807) is 18.4 Å². The van der Waals surface area contributed by atoms with Crippen molar-refractivity contribution in [2.75, 3.05) is 7.05 Å². The number of amides is 1. The summed E-state index contributed by atoms with van der Waals surface area (Å²) in [4.78, 5) is 12.4. The molecule has 0 fully saturated rings. The largest absolute Gasteiger partial charge is 0.284 e. The Labute approximate surface area is 96.0 Å². The van der Waals surface area contributed by atoms with Crippen molar-refractivity contribution < 1.29 is 4.79 Å². The molecule has 0 aliphatic heterocycles. The van der Waals surface area contributed by atoms with E-state index < -0.39 is 0 Å². The van der Waals surface area contributed by atoms with E-state index in [4.69, 9.17) is 5.84 Å². The topological polar surface area (TPSA) is 46.3 Å². The SMILES string of the molecule is CN(N)C(=O)CCCc1cc(Br)cs1. The van der Waals surface area contributed by atoms with Crippen molar-refractivity contribution in [3.8, 4) is 0 Å². The van der Waals surface area contributed by atoms with Gasteiger partial charge in [0.2, 0.25) is 5.91 Å². The molecule has 0 aliphatic carbocycles. The van der Waals surface area contributed by atoms with Crippen LogP contribution < -0.4 is 5.84 Å². The molecule has 1 aromatic heterocycles. The molecule has 78 valence electrons. The minimum Gasteiger partial charge on any atom is -0.284 e. The molecule has 0 aromatic carbocycles. The maximum atomic E-state index is 11.1. The lowest BCUT2D eigenvalue weighted by Gasteiger charge is -2.08. The number of aryl methyl sites for hydroxylation is 1. The third kappa shape index (κ3) is 3.77. The quantitative estimate of drug-likeness (QED) is 0.521. The highest BCUT2D eigenvalue weighted by Crippen LogP contribution is 2.21. The van der Waals surface area contributed by atoms with Crippen LogP contribution in [-0.2, 0) is 11.2 Å². The van der Waals surface area contributed by atoms with Crippen LogP contribution in [0.25, 0.3) is 0 Å². The molecule has 0 unspecified atom stereocenters. The van der Waals surface area contributed by atoms with Crippen LogP contribution in [0.3, 0.4) is 0 Å². The number of hydrogen-bond acceptors (Lipinski definition) is 3. The Hall–Kier alpha value is -0.390. The molecule has 1 rings (SSSR count). The van der Waals surface area contributed by atoms with Crippen molar-refractivity contribution in [3.63, 3.8) is 0 Å². The van der Waals surface area contributed by atoms with E-state index in [2.05, 4.69) is 22.0 Å². The van der Waals surface area contributed by atoms with Crippen molar-refractivity contribution >= 4 is 33.2 Å². The Morgan fingerprint density at radius 1 is 1.71 bits per heavy atom. The summed E-state index contributed by atoms with van der Waals surface area (Å²) in [6.45, 7) is 0. The standard InChI is InChI=1S/C9H13BrN2OS/c1-12(11)9(13)4-2-3-8-5-7(10)6-14-8/h5-6H,2-4,11H2,1H3. The summed E-state index contributed by atoms with van der Waals surface area (Å²) in [7, 11) is 1.57. The van der Waals surface area contributed by atoms with Gasteiger partial charge in [-0.2, -0.15) is 0 Å². The van der Waals surface area contributed by atoms with E-state index in [-0.39, 0.29) is 5.91 Å². The van der Waals surface area contributed by atoms with Gasteiger partial charge in [-0.3, -0.25) is 9.80 Å². The number of thiophene rings is 1.